The first-order valence-corrected chi connectivity index (χ1v) is 6.47. The Morgan fingerprint density at radius 1 is 1.47 bits per heavy atom. The fourth-order valence-electron chi connectivity index (χ4n) is 1.41. The molecule has 86 valence electrons. The van der Waals surface area contributed by atoms with E-state index < -0.39 is 0 Å². The molecule has 1 rings (SSSR count). The van der Waals surface area contributed by atoms with Crippen LogP contribution in [0.1, 0.15) is 44.8 Å². The molecule has 1 unspecified atom stereocenters. The molecule has 2 nitrogen and oxygen atoms in total. The molecular formula is C12H22N2S. The van der Waals surface area contributed by atoms with E-state index in [1.54, 1.807) is 11.3 Å². The monoisotopic (exact) mass is 226 g/mol. The molecule has 1 N–H and O–H groups in total. The minimum absolute atomic E-state index is 0.177. The number of rotatable bonds is 4. The molecule has 0 fully saturated rings. The molecule has 0 spiro atoms. The second kappa shape index (κ2) is 5.08. The van der Waals surface area contributed by atoms with Crippen molar-refractivity contribution in [2.75, 3.05) is 7.05 Å². The smallest absolute Gasteiger partial charge is 0.0944 e. The molecule has 0 radical (unpaired) electrons. The van der Waals surface area contributed by atoms with Gasteiger partial charge in [-0.1, -0.05) is 27.7 Å². The van der Waals surface area contributed by atoms with Crippen LogP contribution in [0.2, 0.25) is 0 Å². The van der Waals surface area contributed by atoms with Gasteiger partial charge in [0.25, 0.3) is 0 Å². The third kappa shape index (κ3) is 3.58. The van der Waals surface area contributed by atoms with E-state index in [-0.39, 0.29) is 5.41 Å². The number of hydrogen-bond donors (Lipinski definition) is 1. The standard InChI is InChI=1S/C12H22N2S/c1-6-9(13-5)7-11-14-10(8-15-11)12(2,3)4/h8-9,13H,6-7H2,1-5H3. The van der Waals surface area contributed by atoms with E-state index in [1.165, 1.54) is 10.7 Å². The summed E-state index contributed by atoms with van der Waals surface area (Å²) in [5.74, 6) is 0. The van der Waals surface area contributed by atoms with Crippen LogP contribution in [0, 0.1) is 0 Å². The molecule has 1 atom stereocenters. The highest BCUT2D eigenvalue weighted by molar-refractivity contribution is 7.09. The molecule has 1 aromatic rings. The van der Waals surface area contributed by atoms with Gasteiger partial charge >= 0.3 is 0 Å². The van der Waals surface area contributed by atoms with Crippen LogP contribution in [0.4, 0.5) is 0 Å². The SMILES string of the molecule is CCC(Cc1nc(C(C)(C)C)cs1)NC. The number of likely N-dealkylation sites (N-methyl/N-ethyl adjacent to an activating group) is 1. The summed E-state index contributed by atoms with van der Waals surface area (Å²) in [5, 5.41) is 6.76. The van der Waals surface area contributed by atoms with Crippen LogP contribution < -0.4 is 5.32 Å². The Bertz CT molecular complexity index is 295. The van der Waals surface area contributed by atoms with Crippen molar-refractivity contribution in [1.29, 1.82) is 0 Å². The van der Waals surface area contributed by atoms with Crippen LogP contribution in [0.15, 0.2) is 5.38 Å². The zero-order chi connectivity index (χ0) is 11.5. The predicted octanol–water partition coefficient (Wildman–Crippen LogP) is 2.98. The quantitative estimate of drug-likeness (QED) is 0.854. The third-order valence-electron chi connectivity index (χ3n) is 2.64. The Kier molecular flexibility index (Phi) is 4.29. The van der Waals surface area contributed by atoms with Crippen molar-refractivity contribution in [2.24, 2.45) is 0 Å². The number of hydrogen-bond acceptors (Lipinski definition) is 3. The van der Waals surface area contributed by atoms with E-state index >= 15 is 0 Å². The summed E-state index contributed by atoms with van der Waals surface area (Å²) in [6, 6.07) is 0.559. The molecule has 0 aromatic carbocycles. The summed E-state index contributed by atoms with van der Waals surface area (Å²) in [6.45, 7) is 8.84. The van der Waals surface area contributed by atoms with E-state index in [2.05, 4.69) is 38.4 Å². The Hall–Kier alpha value is -0.410. The van der Waals surface area contributed by atoms with Crippen molar-refractivity contribution < 1.29 is 0 Å². The summed E-state index contributed by atoms with van der Waals surface area (Å²) in [6.07, 6.45) is 2.20. The zero-order valence-electron chi connectivity index (χ0n) is 10.4. The van der Waals surface area contributed by atoms with Crippen LogP contribution in [0.5, 0.6) is 0 Å². The summed E-state index contributed by atoms with van der Waals surface area (Å²) < 4.78 is 0. The lowest BCUT2D eigenvalue weighted by Gasteiger charge is -2.15. The normalized spacial score (nSPS) is 14.2. The van der Waals surface area contributed by atoms with Gasteiger partial charge in [0, 0.05) is 23.3 Å². The molecule has 0 saturated carbocycles. The van der Waals surface area contributed by atoms with Gasteiger partial charge in [0.15, 0.2) is 0 Å². The first kappa shape index (κ1) is 12.7. The van der Waals surface area contributed by atoms with E-state index in [9.17, 15) is 0 Å². The molecular weight excluding hydrogens is 204 g/mol. The highest BCUT2D eigenvalue weighted by atomic mass is 32.1. The van der Waals surface area contributed by atoms with E-state index in [4.69, 9.17) is 4.98 Å². The third-order valence-corrected chi connectivity index (χ3v) is 3.51. The van der Waals surface area contributed by atoms with Crippen molar-refractivity contribution in [3.8, 4) is 0 Å². The van der Waals surface area contributed by atoms with Crippen molar-refractivity contribution in [3.05, 3.63) is 16.1 Å². The van der Waals surface area contributed by atoms with Gasteiger partial charge in [0.1, 0.15) is 0 Å². The average molecular weight is 226 g/mol. The van der Waals surface area contributed by atoms with E-state index in [0.717, 1.165) is 12.8 Å². The van der Waals surface area contributed by atoms with Crippen LogP contribution in [-0.4, -0.2) is 18.1 Å². The molecule has 0 aliphatic carbocycles. The van der Waals surface area contributed by atoms with Crippen molar-refractivity contribution in [3.63, 3.8) is 0 Å². The maximum atomic E-state index is 4.70. The summed E-state index contributed by atoms with van der Waals surface area (Å²) in [7, 11) is 2.02. The lowest BCUT2D eigenvalue weighted by molar-refractivity contribution is 0.534. The molecule has 0 amide bonds. The van der Waals surface area contributed by atoms with Crippen LogP contribution in [0.3, 0.4) is 0 Å². The van der Waals surface area contributed by atoms with E-state index in [1.807, 2.05) is 7.05 Å². The summed E-state index contributed by atoms with van der Waals surface area (Å²) in [4.78, 5) is 4.70. The largest absolute Gasteiger partial charge is 0.317 e. The average Bonchev–Trinajstić information content (AvgIpc) is 2.61. The van der Waals surface area contributed by atoms with Gasteiger partial charge in [-0.15, -0.1) is 11.3 Å². The maximum Gasteiger partial charge on any atom is 0.0944 e. The number of nitrogens with zero attached hydrogens (tertiary/aromatic N) is 1. The fourth-order valence-corrected chi connectivity index (χ4v) is 2.51. The van der Waals surface area contributed by atoms with Gasteiger partial charge in [-0.3, -0.25) is 0 Å². The Labute approximate surface area is 97.1 Å². The van der Waals surface area contributed by atoms with Gasteiger partial charge in [-0.05, 0) is 13.5 Å². The predicted molar refractivity (Wildman–Crippen MR) is 67.7 cm³/mol. The number of nitrogens with one attached hydrogen (secondary N) is 1. The van der Waals surface area contributed by atoms with Gasteiger partial charge < -0.3 is 5.32 Å². The first-order valence-electron chi connectivity index (χ1n) is 5.59. The van der Waals surface area contributed by atoms with Crippen LogP contribution in [0.25, 0.3) is 0 Å². The number of aromatic nitrogens is 1. The van der Waals surface area contributed by atoms with Gasteiger partial charge in [-0.2, -0.15) is 0 Å². The van der Waals surface area contributed by atoms with Crippen molar-refractivity contribution in [2.45, 2.75) is 52.0 Å². The Balaban J connectivity index is 2.68. The highest BCUT2D eigenvalue weighted by Crippen LogP contribution is 2.24. The summed E-state index contributed by atoms with van der Waals surface area (Å²) >= 11 is 1.78. The highest BCUT2D eigenvalue weighted by Gasteiger charge is 2.18. The minimum atomic E-state index is 0.177. The van der Waals surface area contributed by atoms with E-state index in [0.29, 0.717) is 6.04 Å². The Morgan fingerprint density at radius 2 is 2.13 bits per heavy atom. The second-order valence-corrected chi connectivity index (χ2v) is 5.92. The lowest BCUT2D eigenvalue weighted by atomic mass is 9.93. The van der Waals surface area contributed by atoms with Crippen LogP contribution in [-0.2, 0) is 11.8 Å². The fraction of sp³-hybridized carbons (Fsp3) is 0.750. The molecule has 1 aromatic heterocycles. The number of thiazole rings is 1. The molecule has 1 heterocycles. The van der Waals surface area contributed by atoms with Gasteiger partial charge in [0.2, 0.25) is 0 Å². The van der Waals surface area contributed by atoms with Crippen molar-refractivity contribution >= 4 is 11.3 Å². The molecule has 0 bridgehead atoms. The van der Waals surface area contributed by atoms with Gasteiger partial charge in [-0.25, -0.2) is 4.98 Å². The van der Waals surface area contributed by atoms with Crippen LogP contribution >= 0.6 is 11.3 Å². The second-order valence-electron chi connectivity index (χ2n) is 4.97. The molecule has 3 heteroatoms. The molecule has 15 heavy (non-hydrogen) atoms. The first-order chi connectivity index (χ1) is 6.97. The summed E-state index contributed by atoms with van der Waals surface area (Å²) in [5.41, 5.74) is 1.39. The zero-order valence-corrected chi connectivity index (χ0v) is 11.2. The minimum Gasteiger partial charge on any atom is -0.317 e. The molecule has 0 aliphatic rings. The molecule has 0 saturated heterocycles. The lowest BCUT2D eigenvalue weighted by Crippen LogP contribution is -2.26. The maximum absolute atomic E-state index is 4.70. The van der Waals surface area contributed by atoms with Crippen molar-refractivity contribution in [1.82, 2.24) is 10.3 Å². The topological polar surface area (TPSA) is 24.9 Å². The molecule has 0 aliphatic heterocycles. The Morgan fingerprint density at radius 3 is 2.53 bits per heavy atom. The van der Waals surface area contributed by atoms with Gasteiger partial charge in [0.05, 0.1) is 10.7 Å².